The van der Waals surface area contributed by atoms with Gasteiger partial charge in [-0.15, -0.1) is 0 Å². The van der Waals surface area contributed by atoms with Crippen molar-refractivity contribution in [3.05, 3.63) is 107 Å². The molecule has 0 radical (unpaired) electrons. The molecule has 0 bridgehead atoms. The van der Waals surface area contributed by atoms with E-state index >= 15 is 0 Å². The number of carbonyl (C=O) groups is 2. The molecule has 3 aromatic rings. The van der Waals surface area contributed by atoms with E-state index in [1.165, 1.54) is 18.3 Å². The van der Waals surface area contributed by atoms with Crippen LogP contribution in [0.15, 0.2) is 85.1 Å². The van der Waals surface area contributed by atoms with E-state index in [0.29, 0.717) is 15.9 Å². The number of carbonyl (C=O) groups excluding carboxylic acids is 2. The lowest BCUT2D eigenvalue weighted by Gasteiger charge is -2.17. The first-order valence-electron chi connectivity index (χ1n) is 7.70. The average molecular weight is 333 g/mol. The molecule has 0 aliphatic heterocycles. The zero-order valence-electron chi connectivity index (χ0n) is 13.2. The number of esters is 1. The molecular weight excluding hydrogens is 318 g/mol. The SMILES string of the molecule is O=C(O[C@@H](C(=O)c1ccccc1)c1ccccc1)c1cccc[n+]1[O-]. The third kappa shape index (κ3) is 3.72. The third-order valence-electron chi connectivity index (χ3n) is 3.66. The van der Waals surface area contributed by atoms with Crippen LogP contribution in [0.25, 0.3) is 0 Å². The lowest BCUT2D eigenvalue weighted by Crippen LogP contribution is -2.35. The van der Waals surface area contributed by atoms with Crippen molar-refractivity contribution >= 4 is 11.8 Å². The van der Waals surface area contributed by atoms with Gasteiger partial charge in [-0.05, 0) is 6.07 Å². The van der Waals surface area contributed by atoms with E-state index in [2.05, 4.69) is 0 Å². The van der Waals surface area contributed by atoms with Crippen molar-refractivity contribution in [2.24, 2.45) is 0 Å². The molecule has 0 amide bonds. The molecule has 3 rings (SSSR count). The molecule has 124 valence electrons. The molecule has 5 nitrogen and oxygen atoms in total. The van der Waals surface area contributed by atoms with Gasteiger partial charge in [-0.1, -0.05) is 60.7 Å². The lowest BCUT2D eigenvalue weighted by molar-refractivity contribution is -0.608. The molecule has 0 aliphatic carbocycles. The quantitative estimate of drug-likeness (QED) is 0.311. The zero-order chi connectivity index (χ0) is 17.6. The standard InChI is InChI=1S/C20H15NO4/c22-18(15-9-3-1-4-10-15)19(16-11-5-2-6-12-16)25-20(23)17-13-7-8-14-21(17)24/h1-14,19H/t19-/m1/s1. The smallest absolute Gasteiger partial charge is 0.406 e. The van der Waals surface area contributed by atoms with Crippen LogP contribution in [0.2, 0.25) is 0 Å². The van der Waals surface area contributed by atoms with Crippen molar-refractivity contribution in [3.63, 3.8) is 0 Å². The first-order chi connectivity index (χ1) is 12.2. The maximum absolute atomic E-state index is 12.8. The molecule has 0 saturated heterocycles. The molecular formula is C20H15NO4. The number of Topliss-reactive ketones (excluding diaryl/α,β-unsaturated/α-hetero) is 1. The Morgan fingerprint density at radius 2 is 1.44 bits per heavy atom. The van der Waals surface area contributed by atoms with Crippen LogP contribution in [-0.2, 0) is 4.74 Å². The number of pyridine rings is 1. The van der Waals surface area contributed by atoms with Gasteiger partial charge in [-0.2, -0.15) is 4.73 Å². The maximum Gasteiger partial charge on any atom is 0.406 e. The minimum absolute atomic E-state index is 0.177. The Morgan fingerprint density at radius 3 is 2.08 bits per heavy atom. The molecule has 1 heterocycles. The highest BCUT2D eigenvalue weighted by atomic mass is 16.6. The van der Waals surface area contributed by atoms with Crippen molar-refractivity contribution < 1.29 is 19.1 Å². The number of hydrogen-bond acceptors (Lipinski definition) is 4. The molecule has 2 aromatic carbocycles. The van der Waals surface area contributed by atoms with Crippen molar-refractivity contribution in [1.29, 1.82) is 0 Å². The maximum atomic E-state index is 12.8. The first-order valence-corrected chi connectivity index (χ1v) is 7.70. The summed E-state index contributed by atoms with van der Waals surface area (Å²) in [6, 6.07) is 21.7. The fourth-order valence-electron chi connectivity index (χ4n) is 2.41. The van der Waals surface area contributed by atoms with Crippen molar-refractivity contribution in [2.75, 3.05) is 0 Å². The van der Waals surface area contributed by atoms with E-state index in [0.717, 1.165) is 0 Å². The average Bonchev–Trinajstić information content (AvgIpc) is 2.67. The second kappa shape index (κ2) is 7.40. The number of hydrogen-bond donors (Lipinski definition) is 0. The summed E-state index contributed by atoms with van der Waals surface area (Å²) in [4.78, 5) is 25.2. The molecule has 0 aliphatic rings. The van der Waals surface area contributed by atoms with Crippen LogP contribution in [0.5, 0.6) is 0 Å². The Morgan fingerprint density at radius 1 is 0.840 bits per heavy atom. The Balaban J connectivity index is 1.94. The molecule has 0 N–H and O–H groups in total. The predicted molar refractivity (Wildman–Crippen MR) is 90.8 cm³/mol. The van der Waals surface area contributed by atoms with Crippen LogP contribution in [-0.4, -0.2) is 11.8 Å². The van der Waals surface area contributed by atoms with E-state index in [1.54, 1.807) is 66.7 Å². The van der Waals surface area contributed by atoms with E-state index < -0.39 is 12.1 Å². The van der Waals surface area contributed by atoms with Gasteiger partial charge in [0.05, 0.1) is 0 Å². The summed E-state index contributed by atoms with van der Waals surface area (Å²) >= 11 is 0. The number of nitrogens with zero attached hydrogens (tertiary/aromatic N) is 1. The third-order valence-corrected chi connectivity index (χ3v) is 3.66. The zero-order valence-corrected chi connectivity index (χ0v) is 13.2. The highest BCUT2D eigenvalue weighted by Crippen LogP contribution is 2.23. The summed E-state index contributed by atoms with van der Waals surface area (Å²) in [5.41, 5.74) is 0.787. The van der Waals surface area contributed by atoms with Gasteiger partial charge in [0.2, 0.25) is 5.78 Å². The van der Waals surface area contributed by atoms with E-state index in [9.17, 15) is 14.8 Å². The van der Waals surface area contributed by atoms with Crippen LogP contribution in [0, 0.1) is 5.21 Å². The summed E-state index contributed by atoms with van der Waals surface area (Å²) in [7, 11) is 0. The molecule has 1 atom stereocenters. The van der Waals surface area contributed by atoms with Crippen molar-refractivity contribution in [1.82, 2.24) is 0 Å². The number of aromatic nitrogens is 1. The summed E-state index contributed by atoms with van der Waals surface area (Å²) < 4.78 is 5.82. The summed E-state index contributed by atoms with van der Waals surface area (Å²) in [5.74, 6) is -1.21. The van der Waals surface area contributed by atoms with E-state index in [1.807, 2.05) is 0 Å². The Labute approximate surface area is 144 Å². The highest BCUT2D eigenvalue weighted by molar-refractivity contribution is 6.01. The van der Waals surface area contributed by atoms with Gasteiger partial charge in [-0.25, -0.2) is 4.79 Å². The van der Waals surface area contributed by atoms with Gasteiger partial charge in [0.1, 0.15) is 0 Å². The van der Waals surface area contributed by atoms with Crippen LogP contribution >= 0.6 is 0 Å². The molecule has 1 aromatic heterocycles. The van der Waals surface area contributed by atoms with Gasteiger partial charge >= 0.3 is 11.7 Å². The summed E-state index contributed by atoms with van der Waals surface area (Å²) in [6.45, 7) is 0. The largest absolute Gasteiger partial charge is 0.618 e. The van der Waals surface area contributed by atoms with Crippen LogP contribution in [0.1, 0.15) is 32.5 Å². The Bertz CT molecular complexity index is 878. The monoisotopic (exact) mass is 333 g/mol. The van der Waals surface area contributed by atoms with Gasteiger partial charge in [-0.3, -0.25) is 4.79 Å². The molecule has 0 unspecified atom stereocenters. The van der Waals surface area contributed by atoms with Gasteiger partial charge in [0, 0.05) is 23.3 Å². The molecule has 0 saturated carbocycles. The fraction of sp³-hybridized carbons (Fsp3) is 0.0500. The van der Waals surface area contributed by atoms with Crippen LogP contribution < -0.4 is 4.73 Å². The Hall–Kier alpha value is -3.47. The van der Waals surface area contributed by atoms with Gasteiger partial charge in [0.15, 0.2) is 12.3 Å². The molecule has 0 spiro atoms. The van der Waals surface area contributed by atoms with E-state index in [-0.39, 0.29) is 11.5 Å². The topological polar surface area (TPSA) is 70.3 Å². The molecule has 25 heavy (non-hydrogen) atoms. The van der Waals surface area contributed by atoms with Gasteiger partial charge < -0.3 is 9.94 Å². The summed E-state index contributed by atoms with van der Waals surface area (Å²) in [5, 5.41) is 11.7. The number of ether oxygens (including phenoxy) is 1. The van der Waals surface area contributed by atoms with Crippen LogP contribution in [0.4, 0.5) is 0 Å². The number of benzene rings is 2. The minimum atomic E-state index is -1.13. The lowest BCUT2D eigenvalue weighted by atomic mass is 10.00. The second-order valence-corrected chi connectivity index (χ2v) is 5.34. The normalized spacial score (nSPS) is 11.5. The van der Waals surface area contributed by atoms with Gasteiger partial charge in [0.25, 0.3) is 0 Å². The Kier molecular flexibility index (Phi) is 4.85. The number of ketones is 1. The second-order valence-electron chi connectivity index (χ2n) is 5.34. The molecule has 5 heteroatoms. The van der Waals surface area contributed by atoms with Crippen molar-refractivity contribution in [3.8, 4) is 0 Å². The predicted octanol–water partition coefficient (Wildman–Crippen LogP) is 3.10. The highest BCUT2D eigenvalue weighted by Gasteiger charge is 2.29. The fourth-order valence-corrected chi connectivity index (χ4v) is 2.41. The van der Waals surface area contributed by atoms with Crippen molar-refractivity contribution in [2.45, 2.75) is 6.10 Å². The first kappa shape index (κ1) is 16.4. The number of rotatable bonds is 5. The van der Waals surface area contributed by atoms with E-state index in [4.69, 9.17) is 4.74 Å². The van der Waals surface area contributed by atoms with Crippen LogP contribution in [0.3, 0.4) is 0 Å². The summed E-state index contributed by atoms with van der Waals surface area (Å²) in [6.07, 6.45) is 0.0731. The molecule has 0 fully saturated rings. The minimum Gasteiger partial charge on any atom is -0.618 e.